The summed E-state index contributed by atoms with van der Waals surface area (Å²) < 4.78 is 16.2. The Morgan fingerprint density at radius 1 is 0.769 bits per heavy atom. The monoisotopic (exact) mass is 366 g/mol. The lowest BCUT2D eigenvalue weighted by molar-refractivity contribution is 0.0302. The second kappa shape index (κ2) is 15.6. The number of ether oxygens (including phenoxy) is 3. The predicted octanol–water partition coefficient (Wildman–Crippen LogP) is 4.72. The molecule has 0 aliphatic heterocycles. The smallest absolute Gasteiger partial charge is 0.338 e. The van der Waals surface area contributed by atoms with Crippen LogP contribution in [0.3, 0.4) is 0 Å². The molecule has 0 unspecified atom stereocenters. The van der Waals surface area contributed by atoms with Crippen LogP contribution in [0.15, 0.2) is 24.3 Å². The van der Waals surface area contributed by atoms with Gasteiger partial charge >= 0.3 is 5.97 Å². The second-order valence-corrected chi connectivity index (χ2v) is 6.38. The summed E-state index contributed by atoms with van der Waals surface area (Å²) in [7, 11) is 0. The Labute approximate surface area is 157 Å². The maximum atomic E-state index is 11.7. The van der Waals surface area contributed by atoms with Crippen molar-refractivity contribution >= 4 is 5.97 Å². The first-order valence-electron chi connectivity index (χ1n) is 9.85. The number of phenolic OH excluding ortho intramolecular Hbond substituents is 1. The summed E-state index contributed by atoms with van der Waals surface area (Å²) in [5, 5.41) is 9.17. The first kappa shape index (κ1) is 22.5. The summed E-state index contributed by atoms with van der Waals surface area (Å²) in [6.45, 7) is 5.15. The molecule has 0 atom stereocenters. The second-order valence-electron chi connectivity index (χ2n) is 6.38. The molecule has 1 aromatic carbocycles. The van der Waals surface area contributed by atoms with E-state index in [4.69, 9.17) is 14.2 Å². The van der Waals surface area contributed by atoms with Crippen molar-refractivity contribution < 1.29 is 24.1 Å². The van der Waals surface area contributed by atoms with Crippen LogP contribution in [0.4, 0.5) is 0 Å². The molecular weight excluding hydrogens is 332 g/mol. The Balaban J connectivity index is 1.82. The maximum Gasteiger partial charge on any atom is 0.338 e. The standard InChI is InChI=1S/C21H34O5/c1-2-3-4-5-6-7-14-24-15-8-9-16-25-17-18-26-21(23)19-10-12-20(22)13-11-19/h10-13,22H,2-9,14-18H2,1H3. The largest absolute Gasteiger partial charge is 0.508 e. The van der Waals surface area contributed by atoms with Crippen LogP contribution in [0.2, 0.25) is 0 Å². The van der Waals surface area contributed by atoms with Gasteiger partial charge in [0.05, 0.1) is 12.2 Å². The van der Waals surface area contributed by atoms with Gasteiger partial charge in [0.15, 0.2) is 0 Å². The topological polar surface area (TPSA) is 65.0 Å². The van der Waals surface area contributed by atoms with E-state index in [0.29, 0.717) is 18.8 Å². The number of rotatable bonds is 16. The van der Waals surface area contributed by atoms with Gasteiger partial charge < -0.3 is 19.3 Å². The van der Waals surface area contributed by atoms with Gasteiger partial charge in [-0.3, -0.25) is 0 Å². The highest BCUT2D eigenvalue weighted by Gasteiger charge is 2.06. The minimum absolute atomic E-state index is 0.126. The molecule has 26 heavy (non-hydrogen) atoms. The Morgan fingerprint density at radius 2 is 1.31 bits per heavy atom. The van der Waals surface area contributed by atoms with Crippen molar-refractivity contribution in [3.63, 3.8) is 0 Å². The number of benzene rings is 1. The lowest BCUT2D eigenvalue weighted by atomic mass is 10.1. The molecule has 0 heterocycles. The molecule has 0 fully saturated rings. The zero-order valence-corrected chi connectivity index (χ0v) is 16.1. The van der Waals surface area contributed by atoms with Gasteiger partial charge in [0.25, 0.3) is 0 Å². The Kier molecular flexibility index (Phi) is 13.5. The van der Waals surface area contributed by atoms with E-state index in [-0.39, 0.29) is 12.4 Å². The summed E-state index contributed by atoms with van der Waals surface area (Å²) in [5.74, 6) is -0.280. The predicted molar refractivity (Wildman–Crippen MR) is 103 cm³/mol. The summed E-state index contributed by atoms with van der Waals surface area (Å²) >= 11 is 0. The number of esters is 1. The SMILES string of the molecule is CCCCCCCCOCCCCOCCOC(=O)c1ccc(O)cc1. The van der Waals surface area contributed by atoms with Gasteiger partial charge in [-0.2, -0.15) is 0 Å². The van der Waals surface area contributed by atoms with Crippen LogP contribution in [0.5, 0.6) is 5.75 Å². The Morgan fingerprint density at radius 3 is 1.96 bits per heavy atom. The van der Waals surface area contributed by atoms with Gasteiger partial charge in [0.2, 0.25) is 0 Å². The van der Waals surface area contributed by atoms with Gasteiger partial charge in [0.1, 0.15) is 12.4 Å². The highest BCUT2D eigenvalue weighted by molar-refractivity contribution is 5.89. The molecule has 0 saturated heterocycles. The lowest BCUT2D eigenvalue weighted by Gasteiger charge is -2.07. The van der Waals surface area contributed by atoms with Crippen LogP contribution in [0, 0.1) is 0 Å². The Bertz CT molecular complexity index is 458. The minimum Gasteiger partial charge on any atom is -0.508 e. The zero-order valence-electron chi connectivity index (χ0n) is 16.1. The van der Waals surface area contributed by atoms with Crippen LogP contribution >= 0.6 is 0 Å². The molecule has 0 spiro atoms. The van der Waals surface area contributed by atoms with E-state index in [9.17, 15) is 9.90 Å². The van der Waals surface area contributed by atoms with Gasteiger partial charge in [0, 0.05) is 19.8 Å². The molecule has 148 valence electrons. The summed E-state index contributed by atoms with van der Waals surface area (Å²) in [6, 6.07) is 5.98. The minimum atomic E-state index is -0.406. The fourth-order valence-corrected chi connectivity index (χ4v) is 2.47. The van der Waals surface area contributed by atoms with E-state index >= 15 is 0 Å². The molecule has 5 heteroatoms. The van der Waals surface area contributed by atoms with Crippen LogP contribution in [0.1, 0.15) is 68.6 Å². The van der Waals surface area contributed by atoms with E-state index in [1.807, 2.05) is 0 Å². The molecule has 0 amide bonds. The van der Waals surface area contributed by atoms with E-state index < -0.39 is 5.97 Å². The van der Waals surface area contributed by atoms with E-state index in [1.54, 1.807) is 0 Å². The van der Waals surface area contributed by atoms with Gasteiger partial charge in [-0.15, -0.1) is 0 Å². The molecule has 5 nitrogen and oxygen atoms in total. The fourth-order valence-electron chi connectivity index (χ4n) is 2.47. The highest BCUT2D eigenvalue weighted by atomic mass is 16.6. The number of unbranched alkanes of at least 4 members (excludes halogenated alkanes) is 6. The quantitative estimate of drug-likeness (QED) is 0.339. The molecule has 1 aromatic rings. The van der Waals surface area contributed by atoms with Crippen molar-refractivity contribution in [3.8, 4) is 5.75 Å². The number of hydrogen-bond acceptors (Lipinski definition) is 5. The highest BCUT2D eigenvalue weighted by Crippen LogP contribution is 2.10. The summed E-state index contributed by atoms with van der Waals surface area (Å²) in [5.41, 5.74) is 0.422. The number of hydrogen-bond donors (Lipinski definition) is 1. The maximum absolute atomic E-state index is 11.7. The van der Waals surface area contributed by atoms with Crippen LogP contribution < -0.4 is 0 Å². The van der Waals surface area contributed by atoms with Crippen LogP contribution in [-0.4, -0.2) is 44.1 Å². The molecule has 0 saturated carbocycles. The molecule has 1 N–H and O–H groups in total. The lowest BCUT2D eigenvalue weighted by Crippen LogP contribution is -2.11. The first-order chi connectivity index (χ1) is 12.7. The van der Waals surface area contributed by atoms with Crippen molar-refractivity contribution in [1.29, 1.82) is 0 Å². The van der Waals surface area contributed by atoms with Crippen molar-refractivity contribution in [2.75, 3.05) is 33.0 Å². The third kappa shape index (κ3) is 11.9. The molecular formula is C21H34O5. The first-order valence-corrected chi connectivity index (χ1v) is 9.85. The molecule has 0 aliphatic rings. The number of carbonyl (C=O) groups is 1. The zero-order chi connectivity index (χ0) is 18.9. The molecule has 1 rings (SSSR count). The van der Waals surface area contributed by atoms with Crippen molar-refractivity contribution in [3.05, 3.63) is 29.8 Å². The number of carbonyl (C=O) groups excluding carboxylic acids is 1. The third-order valence-electron chi connectivity index (χ3n) is 4.03. The average molecular weight is 366 g/mol. The van der Waals surface area contributed by atoms with Gasteiger partial charge in [-0.25, -0.2) is 4.79 Å². The Hall–Kier alpha value is -1.59. The normalized spacial score (nSPS) is 10.8. The van der Waals surface area contributed by atoms with Crippen molar-refractivity contribution in [1.82, 2.24) is 0 Å². The van der Waals surface area contributed by atoms with Gasteiger partial charge in [-0.1, -0.05) is 39.0 Å². The number of phenols is 1. The third-order valence-corrected chi connectivity index (χ3v) is 4.03. The molecule has 0 aromatic heterocycles. The van der Waals surface area contributed by atoms with Crippen LogP contribution in [0.25, 0.3) is 0 Å². The van der Waals surface area contributed by atoms with Crippen molar-refractivity contribution in [2.45, 2.75) is 58.3 Å². The van der Waals surface area contributed by atoms with Crippen LogP contribution in [-0.2, 0) is 14.2 Å². The molecule has 0 bridgehead atoms. The van der Waals surface area contributed by atoms with Crippen molar-refractivity contribution in [2.24, 2.45) is 0 Å². The van der Waals surface area contributed by atoms with E-state index in [1.165, 1.54) is 56.4 Å². The van der Waals surface area contributed by atoms with E-state index in [0.717, 1.165) is 32.5 Å². The van der Waals surface area contributed by atoms with Gasteiger partial charge in [-0.05, 0) is 43.5 Å². The summed E-state index contributed by atoms with van der Waals surface area (Å²) in [6.07, 6.45) is 9.67. The van der Waals surface area contributed by atoms with E-state index in [2.05, 4.69) is 6.92 Å². The average Bonchev–Trinajstić information content (AvgIpc) is 2.65. The molecule has 0 radical (unpaired) electrons. The number of aromatic hydroxyl groups is 1. The fraction of sp³-hybridized carbons (Fsp3) is 0.667. The summed E-state index contributed by atoms with van der Waals surface area (Å²) in [4.78, 5) is 11.7. The molecule has 0 aliphatic carbocycles.